The monoisotopic (exact) mass is 393 g/mol. The van der Waals surface area contributed by atoms with Crippen molar-refractivity contribution < 1.29 is 22.3 Å². The molecule has 0 atom stereocenters. The van der Waals surface area contributed by atoms with Crippen molar-refractivity contribution in [2.24, 2.45) is 0 Å². The van der Waals surface area contributed by atoms with Gasteiger partial charge in [-0.3, -0.25) is 9.11 Å². The smallest absolute Gasteiger partial charge is 0.394 e. The van der Waals surface area contributed by atoms with E-state index in [0.717, 1.165) is 44.0 Å². The third kappa shape index (κ3) is 14.1. The van der Waals surface area contributed by atoms with Gasteiger partial charge in [0.25, 0.3) is 0 Å². The molecule has 0 aliphatic heterocycles. The summed E-state index contributed by atoms with van der Waals surface area (Å²) in [4.78, 5) is 0. The Kier molecular flexibility index (Phi) is 11.4. The van der Waals surface area contributed by atoms with Crippen LogP contribution in [0.1, 0.15) is 44.7 Å². The van der Waals surface area contributed by atoms with Gasteiger partial charge in [0.15, 0.2) is 0 Å². The molecule has 25 heavy (non-hydrogen) atoms. The molecule has 3 N–H and O–H groups in total. The third-order valence-corrected chi connectivity index (χ3v) is 3.46. The Morgan fingerprint density at radius 3 is 2.28 bits per heavy atom. The molecule has 0 heterocycles. The van der Waals surface area contributed by atoms with Gasteiger partial charge < -0.3 is 10.1 Å². The summed E-state index contributed by atoms with van der Waals surface area (Å²) in [7, 11) is -4.67. The number of ether oxygens (including phenoxy) is 1. The molecule has 0 aromatic heterocycles. The van der Waals surface area contributed by atoms with Gasteiger partial charge >= 0.3 is 10.4 Å². The summed E-state index contributed by atoms with van der Waals surface area (Å²) in [5.74, 6) is 1.93. The summed E-state index contributed by atoms with van der Waals surface area (Å²) < 4.78 is 37.6. The molecule has 0 spiro atoms. The zero-order valence-electron chi connectivity index (χ0n) is 15.4. The molecule has 1 aromatic rings. The fraction of sp³-hybridized carbons (Fsp3) is 0.647. The van der Waals surface area contributed by atoms with Crippen LogP contribution in [-0.2, 0) is 15.8 Å². The fourth-order valence-corrected chi connectivity index (χ4v) is 2.25. The van der Waals surface area contributed by atoms with Gasteiger partial charge in [-0.15, -0.1) is 0 Å². The first-order chi connectivity index (χ1) is 11.4. The first kappa shape index (κ1) is 24.2. The van der Waals surface area contributed by atoms with E-state index in [2.05, 4.69) is 63.8 Å². The van der Waals surface area contributed by atoms with Crippen molar-refractivity contribution in [3.05, 3.63) is 29.3 Å². The molecule has 0 aliphatic rings. The van der Waals surface area contributed by atoms with Crippen molar-refractivity contribution in [2.75, 3.05) is 25.4 Å². The molecule has 0 saturated carbocycles. The zero-order valence-corrected chi connectivity index (χ0v) is 17.2. The molecule has 0 aliphatic carbocycles. The highest BCUT2D eigenvalue weighted by Gasteiger charge is 2.18. The standard InChI is InChI=1S/C17H29NOS.H2O4S/c1-14-7-8-16(15(13-14)17(2,3)4)19-11-6-5-9-18-10-12-20;1-5(2,3)4/h7-8,13,18,20H,5-6,9-12H2,1-4H3;(H2,1,2,3,4). The highest BCUT2D eigenvalue weighted by molar-refractivity contribution is 7.80. The van der Waals surface area contributed by atoms with E-state index in [9.17, 15) is 0 Å². The molecular weight excluding hydrogens is 362 g/mol. The van der Waals surface area contributed by atoms with Gasteiger partial charge in [-0.25, -0.2) is 0 Å². The minimum Gasteiger partial charge on any atom is -0.493 e. The molecule has 0 unspecified atom stereocenters. The van der Waals surface area contributed by atoms with E-state index < -0.39 is 10.4 Å². The predicted octanol–water partition coefficient (Wildman–Crippen LogP) is 3.32. The Morgan fingerprint density at radius 2 is 1.76 bits per heavy atom. The van der Waals surface area contributed by atoms with Crippen molar-refractivity contribution in [2.45, 2.75) is 46.0 Å². The van der Waals surface area contributed by atoms with Gasteiger partial charge in [0.05, 0.1) is 6.61 Å². The molecule has 8 heteroatoms. The Morgan fingerprint density at radius 1 is 1.16 bits per heavy atom. The van der Waals surface area contributed by atoms with Crippen molar-refractivity contribution >= 4 is 23.0 Å². The number of hydrogen-bond acceptors (Lipinski definition) is 5. The fourth-order valence-electron chi connectivity index (χ4n) is 2.09. The number of benzene rings is 1. The number of thiol groups is 1. The van der Waals surface area contributed by atoms with E-state index in [0.29, 0.717) is 0 Å². The predicted molar refractivity (Wildman–Crippen MR) is 106 cm³/mol. The number of nitrogens with one attached hydrogen (secondary N) is 1. The number of rotatable bonds is 8. The SMILES string of the molecule is Cc1ccc(OCCCCNCCS)c(C(C)(C)C)c1.O=S(=O)(O)O. The highest BCUT2D eigenvalue weighted by Crippen LogP contribution is 2.32. The maximum atomic E-state index is 8.74. The van der Waals surface area contributed by atoms with E-state index in [1.807, 2.05) is 0 Å². The van der Waals surface area contributed by atoms with E-state index in [-0.39, 0.29) is 5.41 Å². The van der Waals surface area contributed by atoms with E-state index in [4.69, 9.17) is 22.3 Å². The molecule has 146 valence electrons. The second-order valence-electron chi connectivity index (χ2n) is 6.73. The van der Waals surface area contributed by atoms with Crippen LogP contribution in [0.3, 0.4) is 0 Å². The number of aryl methyl sites for hydroxylation is 1. The van der Waals surface area contributed by atoms with Crippen molar-refractivity contribution in [1.29, 1.82) is 0 Å². The van der Waals surface area contributed by atoms with Gasteiger partial charge in [-0.05, 0) is 43.4 Å². The summed E-state index contributed by atoms with van der Waals surface area (Å²) in [5, 5.41) is 3.34. The molecule has 0 amide bonds. The molecular formula is C17H31NO5S2. The summed E-state index contributed by atoms with van der Waals surface area (Å²) >= 11 is 4.17. The average Bonchev–Trinajstić information content (AvgIpc) is 2.45. The van der Waals surface area contributed by atoms with E-state index in [1.165, 1.54) is 11.1 Å². The summed E-state index contributed by atoms with van der Waals surface area (Å²) in [6, 6.07) is 6.47. The van der Waals surface area contributed by atoms with Crippen LogP contribution in [-0.4, -0.2) is 43.0 Å². The Labute approximate surface area is 157 Å². The second kappa shape index (κ2) is 11.7. The van der Waals surface area contributed by atoms with Crippen LogP contribution in [0.5, 0.6) is 5.75 Å². The van der Waals surface area contributed by atoms with Crippen LogP contribution in [0.25, 0.3) is 0 Å². The summed E-state index contributed by atoms with van der Waals surface area (Å²) in [6.45, 7) is 11.6. The average molecular weight is 394 g/mol. The first-order valence-electron chi connectivity index (χ1n) is 8.20. The largest absolute Gasteiger partial charge is 0.493 e. The number of unbranched alkanes of at least 4 members (excludes halogenated alkanes) is 1. The van der Waals surface area contributed by atoms with Crippen LogP contribution in [0.2, 0.25) is 0 Å². The Balaban J connectivity index is 0.00000101. The first-order valence-corrected chi connectivity index (χ1v) is 10.2. The molecule has 1 rings (SSSR count). The third-order valence-electron chi connectivity index (χ3n) is 3.24. The summed E-state index contributed by atoms with van der Waals surface area (Å²) in [6.07, 6.45) is 2.22. The second-order valence-corrected chi connectivity index (χ2v) is 8.07. The van der Waals surface area contributed by atoms with Gasteiger partial charge in [0.2, 0.25) is 0 Å². The zero-order chi connectivity index (χ0) is 19.5. The topological polar surface area (TPSA) is 95.9 Å². The van der Waals surface area contributed by atoms with Gasteiger partial charge in [0.1, 0.15) is 5.75 Å². The van der Waals surface area contributed by atoms with Crippen LogP contribution in [0.15, 0.2) is 18.2 Å². The quantitative estimate of drug-likeness (QED) is 0.307. The number of hydrogen-bond donors (Lipinski definition) is 4. The molecule has 6 nitrogen and oxygen atoms in total. The van der Waals surface area contributed by atoms with E-state index >= 15 is 0 Å². The lowest BCUT2D eigenvalue weighted by Crippen LogP contribution is -2.18. The maximum Gasteiger partial charge on any atom is 0.394 e. The Hall–Kier alpha value is -0.800. The van der Waals surface area contributed by atoms with Gasteiger partial charge in [-0.1, -0.05) is 38.5 Å². The van der Waals surface area contributed by atoms with Gasteiger partial charge in [0, 0.05) is 12.3 Å². The van der Waals surface area contributed by atoms with Crippen LogP contribution in [0, 0.1) is 6.92 Å². The van der Waals surface area contributed by atoms with Crippen molar-refractivity contribution in [1.82, 2.24) is 5.32 Å². The normalized spacial score (nSPS) is 11.6. The minimum absolute atomic E-state index is 0.121. The Bertz CT molecular complexity index is 590. The summed E-state index contributed by atoms with van der Waals surface area (Å²) in [5.41, 5.74) is 2.71. The molecule has 0 bridgehead atoms. The van der Waals surface area contributed by atoms with Crippen molar-refractivity contribution in [3.8, 4) is 5.75 Å². The van der Waals surface area contributed by atoms with Crippen LogP contribution in [0.4, 0.5) is 0 Å². The lowest BCUT2D eigenvalue weighted by molar-refractivity contribution is 0.298. The maximum absolute atomic E-state index is 8.74. The van der Waals surface area contributed by atoms with Crippen LogP contribution >= 0.6 is 12.6 Å². The molecule has 0 radical (unpaired) electrons. The lowest BCUT2D eigenvalue weighted by Gasteiger charge is -2.23. The minimum atomic E-state index is -4.67. The van der Waals surface area contributed by atoms with Gasteiger partial charge in [-0.2, -0.15) is 21.0 Å². The highest BCUT2D eigenvalue weighted by atomic mass is 32.3. The lowest BCUT2D eigenvalue weighted by atomic mass is 9.85. The van der Waals surface area contributed by atoms with E-state index in [1.54, 1.807) is 0 Å². The van der Waals surface area contributed by atoms with Crippen LogP contribution < -0.4 is 10.1 Å². The molecule has 0 saturated heterocycles. The molecule has 1 aromatic carbocycles. The molecule has 0 fully saturated rings. The van der Waals surface area contributed by atoms with Crippen molar-refractivity contribution in [3.63, 3.8) is 0 Å².